The number of carbonyl (C=O) groups is 2. The van der Waals surface area contributed by atoms with Gasteiger partial charge in [0.1, 0.15) is 11.4 Å². The predicted octanol–water partition coefficient (Wildman–Crippen LogP) is 3.05. The Balaban J connectivity index is 1.68. The van der Waals surface area contributed by atoms with E-state index in [1.54, 1.807) is 30.3 Å². The van der Waals surface area contributed by atoms with Crippen LogP contribution in [0.15, 0.2) is 54.2 Å². The summed E-state index contributed by atoms with van der Waals surface area (Å²) in [4.78, 5) is 25.1. The van der Waals surface area contributed by atoms with Gasteiger partial charge in [-0.2, -0.15) is 0 Å². The van der Waals surface area contributed by atoms with E-state index >= 15 is 0 Å². The van der Waals surface area contributed by atoms with Crippen LogP contribution in [0.5, 0.6) is 5.75 Å². The molecule has 3 rings (SSSR count). The fourth-order valence-electron chi connectivity index (χ4n) is 3.02. The predicted molar refractivity (Wildman–Crippen MR) is 116 cm³/mol. The molecule has 6 heteroatoms. The highest BCUT2D eigenvalue weighted by atomic mass is 16.5. The molecule has 3 N–H and O–H groups in total. The molecule has 0 heterocycles. The van der Waals surface area contributed by atoms with E-state index in [1.165, 1.54) is 19.3 Å². The maximum absolute atomic E-state index is 12.7. The number of aryl methyl sites for hydroxylation is 1. The van der Waals surface area contributed by atoms with Gasteiger partial charge in [-0.1, -0.05) is 36.2 Å². The molecule has 1 aliphatic carbocycles. The van der Waals surface area contributed by atoms with Crippen LogP contribution in [0.25, 0.3) is 6.08 Å². The fraction of sp³-hybridized carbons (Fsp3) is 0.333. The molecule has 0 spiro atoms. The summed E-state index contributed by atoms with van der Waals surface area (Å²) >= 11 is 0. The molecule has 0 saturated heterocycles. The molecule has 1 fully saturated rings. The largest absolute Gasteiger partial charge is 0.493 e. The molecule has 1 aliphatic rings. The molecule has 158 valence electrons. The van der Waals surface area contributed by atoms with E-state index in [0.717, 1.165) is 16.9 Å². The minimum absolute atomic E-state index is 0.104. The number of amides is 2. The third-order valence-corrected chi connectivity index (χ3v) is 5.11. The molecule has 0 atom stereocenters. The molecular weight excluding hydrogens is 380 g/mol. The number of carbonyl (C=O) groups excluding carboxylic acids is 2. The zero-order valence-corrected chi connectivity index (χ0v) is 17.2. The molecule has 0 aliphatic heterocycles. The Hall–Kier alpha value is -3.12. The standard InChI is InChI=1S/C24H28N2O4/c1-17-5-7-18(8-6-17)15-22(24(29)25-13-14-27)26-23(28)20-9-11-21(12-10-20)30-16-19-3-2-4-19/h5-12,15,19,27H,2-4,13-14,16H2,1H3,(H,25,29)(H,26,28)/b22-15-. The molecule has 1 saturated carbocycles. The van der Waals surface area contributed by atoms with Crippen molar-refractivity contribution in [1.29, 1.82) is 0 Å². The molecule has 30 heavy (non-hydrogen) atoms. The summed E-state index contributed by atoms with van der Waals surface area (Å²) in [6, 6.07) is 14.5. The molecule has 0 radical (unpaired) electrons. The maximum Gasteiger partial charge on any atom is 0.267 e. The summed E-state index contributed by atoms with van der Waals surface area (Å²) in [7, 11) is 0. The molecule has 2 aromatic carbocycles. The maximum atomic E-state index is 12.7. The van der Waals surface area contributed by atoms with Gasteiger partial charge in [0, 0.05) is 12.1 Å². The van der Waals surface area contributed by atoms with Gasteiger partial charge < -0.3 is 20.5 Å². The average Bonchev–Trinajstić information content (AvgIpc) is 2.72. The van der Waals surface area contributed by atoms with Crippen molar-refractivity contribution in [1.82, 2.24) is 10.6 Å². The fourth-order valence-corrected chi connectivity index (χ4v) is 3.02. The number of aliphatic hydroxyl groups is 1. The van der Waals surface area contributed by atoms with Crippen LogP contribution in [-0.2, 0) is 4.79 Å². The first-order valence-electron chi connectivity index (χ1n) is 10.3. The number of aliphatic hydroxyl groups excluding tert-OH is 1. The van der Waals surface area contributed by atoms with Crippen molar-refractivity contribution in [3.05, 3.63) is 70.9 Å². The van der Waals surface area contributed by atoms with Crippen molar-refractivity contribution in [2.45, 2.75) is 26.2 Å². The minimum Gasteiger partial charge on any atom is -0.493 e. The van der Waals surface area contributed by atoms with Crippen LogP contribution in [0.3, 0.4) is 0 Å². The topological polar surface area (TPSA) is 87.7 Å². The molecule has 6 nitrogen and oxygen atoms in total. The number of ether oxygens (including phenoxy) is 1. The lowest BCUT2D eigenvalue weighted by atomic mass is 9.86. The van der Waals surface area contributed by atoms with Gasteiger partial charge in [0.2, 0.25) is 0 Å². The minimum atomic E-state index is -0.460. The number of hydrogen-bond acceptors (Lipinski definition) is 4. The van der Waals surface area contributed by atoms with Crippen LogP contribution in [0.2, 0.25) is 0 Å². The number of benzene rings is 2. The van der Waals surface area contributed by atoms with Crippen molar-refractivity contribution in [2.75, 3.05) is 19.8 Å². The highest BCUT2D eigenvalue weighted by Crippen LogP contribution is 2.27. The van der Waals surface area contributed by atoms with E-state index < -0.39 is 11.8 Å². The Morgan fingerprint density at radius 3 is 2.40 bits per heavy atom. The van der Waals surface area contributed by atoms with Crippen LogP contribution in [0, 0.1) is 12.8 Å². The number of hydrogen-bond donors (Lipinski definition) is 3. The van der Waals surface area contributed by atoms with Crippen molar-refractivity contribution >= 4 is 17.9 Å². The highest BCUT2D eigenvalue weighted by Gasteiger charge is 2.18. The lowest BCUT2D eigenvalue weighted by Crippen LogP contribution is -2.36. The van der Waals surface area contributed by atoms with E-state index in [2.05, 4.69) is 10.6 Å². The second-order valence-electron chi connectivity index (χ2n) is 7.53. The van der Waals surface area contributed by atoms with E-state index in [-0.39, 0.29) is 18.8 Å². The quantitative estimate of drug-likeness (QED) is 0.557. The van der Waals surface area contributed by atoms with Crippen LogP contribution in [-0.4, -0.2) is 36.7 Å². The zero-order valence-electron chi connectivity index (χ0n) is 17.2. The SMILES string of the molecule is Cc1ccc(/C=C(\NC(=O)c2ccc(OCC3CCC3)cc2)C(=O)NCCO)cc1. The number of rotatable bonds is 9. The summed E-state index contributed by atoms with van der Waals surface area (Å²) in [5.74, 6) is 0.519. The average molecular weight is 408 g/mol. The van der Waals surface area contributed by atoms with Gasteiger partial charge in [0.15, 0.2) is 0 Å². The second kappa shape index (κ2) is 10.6. The Labute approximate surface area is 177 Å². The van der Waals surface area contributed by atoms with Gasteiger partial charge in [0.05, 0.1) is 13.2 Å². The van der Waals surface area contributed by atoms with Crippen LogP contribution in [0.4, 0.5) is 0 Å². The Morgan fingerprint density at radius 1 is 1.10 bits per heavy atom. The smallest absolute Gasteiger partial charge is 0.267 e. The summed E-state index contributed by atoms with van der Waals surface area (Å²) in [5, 5.41) is 14.2. The molecule has 0 bridgehead atoms. The third kappa shape index (κ3) is 6.19. The second-order valence-corrected chi connectivity index (χ2v) is 7.53. The van der Waals surface area contributed by atoms with E-state index in [4.69, 9.17) is 9.84 Å². The van der Waals surface area contributed by atoms with Gasteiger partial charge in [-0.25, -0.2) is 0 Å². The van der Waals surface area contributed by atoms with E-state index in [9.17, 15) is 9.59 Å². The normalized spacial score (nSPS) is 14.0. The molecule has 0 unspecified atom stereocenters. The van der Waals surface area contributed by atoms with Crippen LogP contribution in [0.1, 0.15) is 40.7 Å². The Kier molecular flexibility index (Phi) is 7.63. The van der Waals surface area contributed by atoms with Gasteiger partial charge in [-0.05, 0) is 61.6 Å². The third-order valence-electron chi connectivity index (χ3n) is 5.11. The van der Waals surface area contributed by atoms with E-state index in [1.807, 2.05) is 31.2 Å². The van der Waals surface area contributed by atoms with Crippen molar-refractivity contribution < 1.29 is 19.4 Å². The molecule has 0 aromatic heterocycles. The molecule has 2 amide bonds. The van der Waals surface area contributed by atoms with Crippen molar-refractivity contribution in [3.8, 4) is 5.75 Å². The summed E-state index contributed by atoms with van der Waals surface area (Å²) in [6.45, 7) is 2.61. The molecular formula is C24H28N2O4. The first-order valence-corrected chi connectivity index (χ1v) is 10.3. The zero-order chi connectivity index (χ0) is 21.3. The van der Waals surface area contributed by atoms with Crippen LogP contribution < -0.4 is 15.4 Å². The first-order chi connectivity index (χ1) is 14.5. The monoisotopic (exact) mass is 408 g/mol. The van der Waals surface area contributed by atoms with Gasteiger partial charge in [0.25, 0.3) is 11.8 Å². The van der Waals surface area contributed by atoms with Gasteiger partial charge in [-0.15, -0.1) is 0 Å². The van der Waals surface area contributed by atoms with Crippen LogP contribution >= 0.6 is 0 Å². The van der Waals surface area contributed by atoms with Gasteiger partial charge >= 0.3 is 0 Å². The summed E-state index contributed by atoms with van der Waals surface area (Å²) < 4.78 is 5.77. The van der Waals surface area contributed by atoms with E-state index in [0.29, 0.717) is 18.1 Å². The summed E-state index contributed by atoms with van der Waals surface area (Å²) in [6.07, 6.45) is 5.32. The Bertz CT molecular complexity index is 884. The summed E-state index contributed by atoms with van der Waals surface area (Å²) in [5.41, 5.74) is 2.43. The van der Waals surface area contributed by atoms with Crippen molar-refractivity contribution in [2.24, 2.45) is 5.92 Å². The van der Waals surface area contributed by atoms with Gasteiger partial charge in [-0.3, -0.25) is 9.59 Å². The lowest BCUT2D eigenvalue weighted by molar-refractivity contribution is -0.117. The van der Waals surface area contributed by atoms with Crippen molar-refractivity contribution in [3.63, 3.8) is 0 Å². The lowest BCUT2D eigenvalue weighted by Gasteiger charge is -2.25. The highest BCUT2D eigenvalue weighted by molar-refractivity contribution is 6.05. The molecule has 2 aromatic rings. The number of nitrogens with one attached hydrogen (secondary N) is 2. The first kappa shape index (κ1) is 21.6. The Morgan fingerprint density at radius 2 is 1.80 bits per heavy atom.